The average molecular weight is 660 g/mol. The van der Waals surface area contributed by atoms with E-state index in [2.05, 4.69) is 29.9 Å². The number of halogens is 3. The van der Waals surface area contributed by atoms with Crippen molar-refractivity contribution in [3.8, 4) is 5.75 Å². The first-order chi connectivity index (χ1) is 21.8. The minimum absolute atomic E-state index is 0.0238. The first-order valence-electron chi connectivity index (χ1n) is 15.6. The van der Waals surface area contributed by atoms with Crippen LogP contribution in [0.5, 0.6) is 5.75 Å². The number of aldehydes is 1. The fourth-order valence-corrected chi connectivity index (χ4v) is 6.51. The van der Waals surface area contributed by atoms with E-state index in [1.54, 1.807) is 17.0 Å². The van der Waals surface area contributed by atoms with Crippen LogP contribution in [0.4, 0.5) is 18.9 Å². The van der Waals surface area contributed by atoms with Gasteiger partial charge in [0.15, 0.2) is 0 Å². The summed E-state index contributed by atoms with van der Waals surface area (Å²) in [5.41, 5.74) is -0.720. The molecule has 3 aromatic rings. The predicted molar refractivity (Wildman–Crippen MR) is 168 cm³/mol. The minimum atomic E-state index is -4.70. The third-order valence-electron chi connectivity index (χ3n) is 8.56. The van der Waals surface area contributed by atoms with Crippen molar-refractivity contribution in [2.45, 2.75) is 82.5 Å². The van der Waals surface area contributed by atoms with E-state index >= 15 is 0 Å². The van der Waals surface area contributed by atoms with Crippen LogP contribution in [0.1, 0.15) is 60.7 Å². The molecule has 5 rings (SSSR count). The lowest BCUT2D eigenvalue weighted by atomic mass is 9.87. The van der Waals surface area contributed by atoms with E-state index in [1.807, 2.05) is 10.9 Å². The Balaban J connectivity index is 1.37. The van der Waals surface area contributed by atoms with Crippen LogP contribution < -0.4 is 10.1 Å². The van der Waals surface area contributed by atoms with Crippen LogP contribution in [0.25, 0.3) is 10.9 Å². The molecule has 1 saturated carbocycles. The second-order valence-corrected chi connectivity index (χ2v) is 18.9. The zero-order chi connectivity index (χ0) is 33.1. The lowest BCUT2D eigenvalue weighted by Gasteiger charge is -2.26. The van der Waals surface area contributed by atoms with Crippen molar-refractivity contribution >= 4 is 42.8 Å². The number of rotatable bonds is 12. The maximum Gasteiger partial charge on any atom is 0.433 e. The number of hydrogen-bond acceptors (Lipinski definition) is 7. The van der Waals surface area contributed by atoms with Gasteiger partial charge in [0.2, 0.25) is 5.91 Å². The Hall–Kier alpha value is -3.78. The summed E-state index contributed by atoms with van der Waals surface area (Å²) in [6.07, 6.45) is 2.27. The quantitative estimate of drug-likeness (QED) is 0.138. The number of hydrogen-bond donors (Lipinski definition) is 1. The zero-order valence-electron chi connectivity index (χ0n) is 26.3. The van der Waals surface area contributed by atoms with Crippen LogP contribution in [0.15, 0.2) is 36.5 Å². The van der Waals surface area contributed by atoms with E-state index < -0.39 is 31.5 Å². The Morgan fingerprint density at radius 1 is 1.13 bits per heavy atom. The third-order valence-corrected chi connectivity index (χ3v) is 10.3. The molecule has 1 aromatic carbocycles. The Morgan fingerprint density at radius 3 is 2.59 bits per heavy atom. The molecule has 248 valence electrons. The minimum Gasteiger partial charge on any atom is -0.489 e. The molecule has 0 unspecified atom stereocenters. The molecule has 1 N–H and O–H groups in total. The van der Waals surface area contributed by atoms with Gasteiger partial charge in [-0.15, -0.1) is 0 Å². The summed E-state index contributed by atoms with van der Waals surface area (Å²) in [4.78, 5) is 42.2. The lowest BCUT2D eigenvalue weighted by Crippen LogP contribution is -2.39. The molecule has 10 nitrogen and oxygen atoms in total. The standard InChI is InChI=1S/C32H40F3N5O5Si/c1-46(2,3)14-13-44-20-39-24(11-12-30(39)42)19-45-28-16-26-22(17-40(38-26)23-9-7-21(18-41)8-10-23)15-27(28)37-31(43)25-5-4-6-29(36-25)32(33,34)35/h4-6,15-18,21,23-24H,7-14,19-20H2,1-3H3,(H,37,43)/t21-,23-,24-/m0/s1. The van der Waals surface area contributed by atoms with Crippen molar-refractivity contribution in [1.82, 2.24) is 19.7 Å². The number of fused-ring (bicyclic) bond motifs is 1. The molecule has 1 aliphatic heterocycles. The number of carbonyl (C=O) groups is 3. The van der Waals surface area contributed by atoms with Gasteiger partial charge < -0.3 is 24.5 Å². The molecule has 2 aromatic heterocycles. The maximum atomic E-state index is 13.3. The number of benzene rings is 1. The Morgan fingerprint density at radius 2 is 1.89 bits per heavy atom. The van der Waals surface area contributed by atoms with Gasteiger partial charge in [0.25, 0.3) is 5.91 Å². The number of alkyl halides is 3. The monoisotopic (exact) mass is 659 g/mol. The molecular weight excluding hydrogens is 619 g/mol. The number of anilines is 1. The summed E-state index contributed by atoms with van der Waals surface area (Å²) in [5, 5.41) is 8.14. The second-order valence-electron chi connectivity index (χ2n) is 13.3. The topological polar surface area (TPSA) is 116 Å². The SMILES string of the molecule is C[Si](C)(C)CCOCN1C(=O)CC[C@H]1COc1cc2nn([C@H]3CC[C@H](C=O)CC3)cc2cc1NC(=O)c1cccc(C(F)(F)F)n1. The van der Waals surface area contributed by atoms with Crippen LogP contribution in [0, 0.1) is 5.92 Å². The number of carbonyl (C=O) groups excluding carboxylic acids is 3. The maximum absolute atomic E-state index is 13.3. The van der Waals surface area contributed by atoms with Gasteiger partial charge >= 0.3 is 6.18 Å². The Bertz CT molecular complexity index is 1570. The van der Waals surface area contributed by atoms with Gasteiger partial charge in [0.1, 0.15) is 36.8 Å². The summed E-state index contributed by atoms with van der Waals surface area (Å²) in [6, 6.07) is 7.34. The Labute approximate surface area is 266 Å². The molecule has 1 atom stereocenters. The van der Waals surface area contributed by atoms with Crippen molar-refractivity contribution in [3.05, 3.63) is 47.9 Å². The number of likely N-dealkylation sites (tertiary alicyclic amines) is 1. The molecule has 1 aliphatic carbocycles. The number of pyridine rings is 1. The fourth-order valence-electron chi connectivity index (χ4n) is 5.75. The van der Waals surface area contributed by atoms with Crippen LogP contribution in [-0.4, -0.2) is 71.8 Å². The zero-order valence-corrected chi connectivity index (χ0v) is 27.3. The van der Waals surface area contributed by atoms with Crippen molar-refractivity contribution in [3.63, 3.8) is 0 Å². The van der Waals surface area contributed by atoms with E-state index in [9.17, 15) is 27.6 Å². The highest BCUT2D eigenvalue weighted by atomic mass is 28.3. The molecule has 1 saturated heterocycles. The summed E-state index contributed by atoms with van der Waals surface area (Å²) in [6.45, 7) is 7.62. The normalized spacial score (nSPS) is 20.7. The van der Waals surface area contributed by atoms with Crippen molar-refractivity contribution in [2.24, 2.45) is 5.92 Å². The number of amides is 2. The summed E-state index contributed by atoms with van der Waals surface area (Å²) in [7, 11) is -1.29. The number of nitrogens with one attached hydrogen (secondary N) is 1. The second kappa shape index (κ2) is 13.9. The first kappa shape index (κ1) is 33.6. The van der Waals surface area contributed by atoms with Gasteiger partial charge in [0, 0.05) is 44.7 Å². The van der Waals surface area contributed by atoms with Crippen LogP contribution >= 0.6 is 0 Å². The van der Waals surface area contributed by atoms with Gasteiger partial charge in [-0.1, -0.05) is 25.7 Å². The van der Waals surface area contributed by atoms with Gasteiger partial charge in [-0.25, -0.2) is 4.98 Å². The van der Waals surface area contributed by atoms with Crippen LogP contribution in [0.2, 0.25) is 25.7 Å². The molecule has 2 aliphatic rings. The molecule has 46 heavy (non-hydrogen) atoms. The molecule has 3 heterocycles. The smallest absolute Gasteiger partial charge is 0.433 e. The van der Waals surface area contributed by atoms with E-state index in [0.29, 0.717) is 30.4 Å². The highest BCUT2D eigenvalue weighted by Crippen LogP contribution is 2.35. The van der Waals surface area contributed by atoms with Gasteiger partial charge in [-0.05, 0) is 56.3 Å². The summed E-state index contributed by atoms with van der Waals surface area (Å²) >= 11 is 0. The number of ether oxygens (including phenoxy) is 2. The third kappa shape index (κ3) is 8.32. The number of aromatic nitrogens is 3. The van der Waals surface area contributed by atoms with Gasteiger partial charge in [-0.3, -0.25) is 14.3 Å². The van der Waals surface area contributed by atoms with Gasteiger partial charge in [-0.2, -0.15) is 18.3 Å². The highest BCUT2D eigenvalue weighted by molar-refractivity contribution is 6.76. The molecule has 2 fully saturated rings. The van der Waals surface area contributed by atoms with Crippen LogP contribution in [0.3, 0.4) is 0 Å². The van der Waals surface area contributed by atoms with Crippen molar-refractivity contribution < 1.29 is 37.0 Å². The molecule has 0 radical (unpaired) electrons. The lowest BCUT2D eigenvalue weighted by molar-refractivity contribution is -0.141. The number of nitrogens with zero attached hydrogens (tertiary/aromatic N) is 4. The van der Waals surface area contributed by atoms with E-state index in [0.717, 1.165) is 50.1 Å². The van der Waals surface area contributed by atoms with E-state index in [1.165, 1.54) is 6.07 Å². The molecule has 0 bridgehead atoms. The first-order valence-corrected chi connectivity index (χ1v) is 19.4. The molecule has 2 amide bonds. The Kier molecular flexibility index (Phi) is 10.2. The average Bonchev–Trinajstić information content (AvgIpc) is 3.59. The van der Waals surface area contributed by atoms with Crippen LogP contribution in [-0.2, 0) is 20.5 Å². The van der Waals surface area contributed by atoms with E-state index in [-0.39, 0.29) is 48.7 Å². The predicted octanol–water partition coefficient (Wildman–Crippen LogP) is 6.31. The highest BCUT2D eigenvalue weighted by Gasteiger charge is 2.34. The van der Waals surface area contributed by atoms with Crippen molar-refractivity contribution in [1.29, 1.82) is 0 Å². The fraction of sp³-hybridized carbons (Fsp3) is 0.531. The summed E-state index contributed by atoms with van der Waals surface area (Å²) in [5.74, 6) is -0.533. The largest absolute Gasteiger partial charge is 0.489 e. The van der Waals surface area contributed by atoms with E-state index in [4.69, 9.17) is 14.6 Å². The van der Waals surface area contributed by atoms with Crippen molar-refractivity contribution in [2.75, 3.05) is 25.3 Å². The molecule has 0 spiro atoms. The van der Waals surface area contributed by atoms with Gasteiger partial charge in [0.05, 0.1) is 23.3 Å². The molecular formula is C32H40F3N5O5Si. The molecule has 14 heteroatoms. The summed E-state index contributed by atoms with van der Waals surface area (Å²) < 4.78 is 53.8.